The monoisotopic (exact) mass is 246 g/mol. The number of likely N-dealkylation sites (N-methyl/N-ethyl adjacent to an activating group) is 1. The van der Waals surface area contributed by atoms with Gasteiger partial charge in [-0.25, -0.2) is 4.79 Å². The molecule has 17 heavy (non-hydrogen) atoms. The lowest BCUT2D eigenvalue weighted by Gasteiger charge is -2.28. The standard InChI is InChI=1S/C11H22N2O4/c1-7(2)9(5-10(15)16)12-11(17)13(4)8(3)6-14/h7-9,14H,5-6H2,1-4H3,(H,12,17)(H,15,16). The van der Waals surface area contributed by atoms with Gasteiger partial charge in [-0.1, -0.05) is 13.8 Å². The number of carboxylic acids is 1. The second-order valence-corrected chi connectivity index (χ2v) is 4.54. The van der Waals surface area contributed by atoms with Gasteiger partial charge in [0, 0.05) is 13.1 Å². The van der Waals surface area contributed by atoms with Crippen molar-refractivity contribution in [3.8, 4) is 0 Å². The number of urea groups is 1. The molecular weight excluding hydrogens is 224 g/mol. The minimum Gasteiger partial charge on any atom is -0.481 e. The first-order chi connectivity index (χ1) is 7.79. The van der Waals surface area contributed by atoms with E-state index < -0.39 is 12.0 Å². The van der Waals surface area contributed by atoms with Crippen molar-refractivity contribution < 1.29 is 19.8 Å². The molecule has 0 spiro atoms. The smallest absolute Gasteiger partial charge is 0.317 e. The van der Waals surface area contributed by atoms with Crippen LogP contribution in [0.15, 0.2) is 0 Å². The van der Waals surface area contributed by atoms with Gasteiger partial charge in [0.2, 0.25) is 0 Å². The van der Waals surface area contributed by atoms with Crippen LogP contribution in [0.25, 0.3) is 0 Å². The van der Waals surface area contributed by atoms with Gasteiger partial charge in [0.25, 0.3) is 0 Å². The number of aliphatic carboxylic acids is 1. The van der Waals surface area contributed by atoms with Crippen LogP contribution in [0, 0.1) is 5.92 Å². The van der Waals surface area contributed by atoms with E-state index in [2.05, 4.69) is 5.32 Å². The van der Waals surface area contributed by atoms with Crippen molar-refractivity contribution in [1.82, 2.24) is 10.2 Å². The summed E-state index contributed by atoms with van der Waals surface area (Å²) in [6.07, 6.45) is -0.106. The maximum absolute atomic E-state index is 11.8. The summed E-state index contributed by atoms with van der Waals surface area (Å²) in [5.41, 5.74) is 0. The Morgan fingerprint density at radius 2 is 1.82 bits per heavy atom. The second kappa shape index (κ2) is 7.11. The molecule has 0 saturated heterocycles. The van der Waals surface area contributed by atoms with Crippen molar-refractivity contribution in [3.05, 3.63) is 0 Å². The third-order valence-electron chi connectivity index (χ3n) is 2.75. The Hall–Kier alpha value is -1.30. The van der Waals surface area contributed by atoms with E-state index in [4.69, 9.17) is 10.2 Å². The molecule has 0 aromatic heterocycles. The molecule has 0 fully saturated rings. The van der Waals surface area contributed by atoms with Gasteiger partial charge in [-0.3, -0.25) is 4.79 Å². The third-order valence-corrected chi connectivity index (χ3v) is 2.75. The van der Waals surface area contributed by atoms with Crippen LogP contribution in [0.2, 0.25) is 0 Å². The molecule has 2 amide bonds. The summed E-state index contributed by atoms with van der Waals surface area (Å²) in [6, 6.07) is -1.08. The maximum atomic E-state index is 11.8. The molecule has 100 valence electrons. The van der Waals surface area contributed by atoms with Crippen LogP contribution in [-0.2, 0) is 4.79 Å². The number of nitrogens with one attached hydrogen (secondary N) is 1. The molecule has 0 aliphatic carbocycles. The molecule has 0 bridgehead atoms. The number of aliphatic hydroxyl groups excluding tert-OH is 1. The van der Waals surface area contributed by atoms with Crippen molar-refractivity contribution >= 4 is 12.0 Å². The van der Waals surface area contributed by atoms with Crippen LogP contribution in [0.4, 0.5) is 4.79 Å². The Balaban J connectivity index is 4.45. The fourth-order valence-electron chi connectivity index (χ4n) is 1.22. The van der Waals surface area contributed by atoms with Gasteiger partial charge in [-0.15, -0.1) is 0 Å². The summed E-state index contributed by atoms with van der Waals surface area (Å²) >= 11 is 0. The number of amides is 2. The molecule has 0 rings (SSSR count). The number of rotatable bonds is 6. The van der Waals surface area contributed by atoms with Crippen LogP contribution >= 0.6 is 0 Å². The van der Waals surface area contributed by atoms with E-state index in [0.29, 0.717) is 0 Å². The van der Waals surface area contributed by atoms with Crippen LogP contribution in [0.1, 0.15) is 27.2 Å². The molecule has 0 aliphatic heterocycles. The number of hydrogen-bond acceptors (Lipinski definition) is 3. The van der Waals surface area contributed by atoms with E-state index in [0.717, 1.165) is 0 Å². The fourth-order valence-corrected chi connectivity index (χ4v) is 1.22. The highest BCUT2D eigenvalue weighted by molar-refractivity contribution is 5.76. The Morgan fingerprint density at radius 3 is 2.18 bits per heavy atom. The lowest BCUT2D eigenvalue weighted by atomic mass is 10.0. The highest BCUT2D eigenvalue weighted by Gasteiger charge is 2.22. The van der Waals surface area contributed by atoms with Crippen LogP contribution in [0.5, 0.6) is 0 Å². The number of nitrogens with zero attached hydrogens (tertiary/aromatic N) is 1. The average molecular weight is 246 g/mol. The van der Waals surface area contributed by atoms with Crippen molar-refractivity contribution in [2.75, 3.05) is 13.7 Å². The topological polar surface area (TPSA) is 89.9 Å². The molecule has 0 radical (unpaired) electrons. The summed E-state index contributed by atoms with van der Waals surface area (Å²) in [5, 5.41) is 20.3. The number of carbonyl (C=O) groups excluding carboxylic acids is 1. The Labute approximate surface area is 102 Å². The first kappa shape index (κ1) is 15.7. The predicted molar refractivity (Wildman–Crippen MR) is 63.7 cm³/mol. The summed E-state index contributed by atoms with van der Waals surface area (Å²) in [7, 11) is 1.56. The number of carbonyl (C=O) groups is 2. The average Bonchev–Trinajstić information content (AvgIpc) is 2.25. The lowest BCUT2D eigenvalue weighted by molar-refractivity contribution is -0.137. The van der Waals surface area contributed by atoms with Gasteiger partial charge in [-0.2, -0.15) is 0 Å². The fraction of sp³-hybridized carbons (Fsp3) is 0.818. The zero-order valence-electron chi connectivity index (χ0n) is 10.8. The van der Waals surface area contributed by atoms with E-state index >= 15 is 0 Å². The number of aliphatic hydroxyl groups is 1. The molecule has 0 saturated carbocycles. The van der Waals surface area contributed by atoms with Gasteiger partial charge >= 0.3 is 12.0 Å². The maximum Gasteiger partial charge on any atom is 0.317 e. The molecular formula is C11H22N2O4. The normalized spacial score (nSPS) is 14.2. The molecule has 2 atom stereocenters. The zero-order chi connectivity index (χ0) is 13.6. The van der Waals surface area contributed by atoms with Crippen LogP contribution in [0.3, 0.4) is 0 Å². The molecule has 3 N–H and O–H groups in total. The quantitative estimate of drug-likeness (QED) is 0.637. The zero-order valence-corrected chi connectivity index (χ0v) is 10.8. The third kappa shape index (κ3) is 5.53. The lowest BCUT2D eigenvalue weighted by Crippen LogP contribution is -2.49. The summed E-state index contributed by atoms with van der Waals surface area (Å²) in [5.74, 6) is -0.908. The van der Waals surface area contributed by atoms with Gasteiger partial charge in [-0.05, 0) is 12.8 Å². The Bertz CT molecular complexity index is 268. The van der Waals surface area contributed by atoms with Crippen LogP contribution < -0.4 is 5.32 Å². The highest BCUT2D eigenvalue weighted by atomic mass is 16.4. The van der Waals surface area contributed by atoms with Crippen molar-refractivity contribution in [2.45, 2.75) is 39.3 Å². The molecule has 6 heteroatoms. The second-order valence-electron chi connectivity index (χ2n) is 4.54. The highest BCUT2D eigenvalue weighted by Crippen LogP contribution is 2.07. The van der Waals surface area contributed by atoms with Crippen molar-refractivity contribution in [1.29, 1.82) is 0 Å². The molecule has 0 aromatic rings. The minimum atomic E-state index is -0.943. The van der Waals surface area contributed by atoms with E-state index in [1.165, 1.54) is 4.90 Å². The van der Waals surface area contributed by atoms with Gasteiger partial charge in [0.15, 0.2) is 0 Å². The summed E-state index contributed by atoms with van der Waals surface area (Å²) in [4.78, 5) is 23.8. The number of carboxylic acid groups (broad SMARTS) is 1. The van der Waals surface area contributed by atoms with Crippen molar-refractivity contribution in [3.63, 3.8) is 0 Å². The van der Waals surface area contributed by atoms with Gasteiger partial charge in [0.1, 0.15) is 0 Å². The molecule has 6 nitrogen and oxygen atoms in total. The summed E-state index contributed by atoms with van der Waals surface area (Å²) in [6.45, 7) is 5.28. The molecule has 0 aromatic carbocycles. The van der Waals surface area contributed by atoms with Gasteiger partial charge in [0.05, 0.1) is 19.1 Å². The Kier molecular flexibility index (Phi) is 6.57. The first-order valence-electron chi connectivity index (χ1n) is 5.65. The largest absolute Gasteiger partial charge is 0.481 e. The minimum absolute atomic E-state index is 0.0351. The number of hydrogen-bond donors (Lipinski definition) is 3. The van der Waals surface area contributed by atoms with Crippen LogP contribution in [-0.4, -0.2) is 52.9 Å². The Morgan fingerprint density at radius 1 is 1.29 bits per heavy atom. The molecule has 0 aliphatic rings. The van der Waals surface area contributed by atoms with E-state index in [-0.39, 0.29) is 31.0 Å². The molecule has 0 heterocycles. The van der Waals surface area contributed by atoms with Gasteiger partial charge < -0.3 is 20.4 Å². The van der Waals surface area contributed by atoms with E-state index in [1.807, 2.05) is 13.8 Å². The van der Waals surface area contributed by atoms with E-state index in [1.54, 1.807) is 14.0 Å². The van der Waals surface area contributed by atoms with E-state index in [9.17, 15) is 9.59 Å². The SMILES string of the molecule is CC(C)C(CC(=O)O)NC(=O)N(C)C(C)CO. The van der Waals surface area contributed by atoms with Crippen molar-refractivity contribution in [2.24, 2.45) is 5.92 Å². The predicted octanol–water partition coefficient (Wildman–Crippen LogP) is 0.508. The first-order valence-corrected chi connectivity index (χ1v) is 5.65. The summed E-state index contributed by atoms with van der Waals surface area (Å²) < 4.78 is 0. The molecule has 2 unspecified atom stereocenters.